The van der Waals surface area contributed by atoms with Crippen molar-refractivity contribution in [1.29, 1.82) is 0 Å². The van der Waals surface area contributed by atoms with Gasteiger partial charge in [-0.2, -0.15) is 0 Å². The molecular formula is C14H16F4N2O. The van der Waals surface area contributed by atoms with Gasteiger partial charge >= 0.3 is 0 Å². The van der Waals surface area contributed by atoms with Crippen LogP contribution >= 0.6 is 0 Å². The van der Waals surface area contributed by atoms with E-state index >= 15 is 0 Å². The van der Waals surface area contributed by atoms with Gasteiger partial charge in [-0.15, -0.1) is 0 Å². The molecule has 2 aromatic rings. The molecular weight excluding hydrogens is 288 g/mol. The van der Waals surface area contributed by atoms with E-state index in [1.54, 1.807) is 13.1 Å². The number of alkyl halides is 2. The van der Waals surface area contributed by atoms with E-state index in [9.17, 15) is 17.6 Å². The molecule has 0 aliphatic rings. The minimum Gasteiger partial charge on any atom is -0.390 e. The van der Waals surface area contributed by atoms with Gasteiger partial charge in [0.1, 0.15) is 6.61 Å². The molecule has 0 spiro atoms. The van der Waals surface area contributed by atoms with E-state index in [4.69, 9.17) is 5.11 Å². The summed E-state index contributed by atoms with van der Waals surface area (Å²) < 4.78 is 52.2. The molecule has 116 valence electrons. The standard InChI is InChI=1S/C14H16F4N2O/c1-8(20-6-14(17,18)7-21)2-9-5-19-13-4-12(16)11(15)3-10(9)13/h3-5,8,19-21H,2,6-7H2,1H3/t8-/m1/s1. The highest BCUT2D eigenvalue weighted by Gasteiger charge is 2.27. The van der Waals surface area contributed by atoms with Crippen LogP contribution in [-0.4, -0.2) is 35.2 Å². The SMILES string of the molecule is C[C@H](Cc1c[nH]c2cc(F)c(F)cc12)NCC(F)(F)CO. The highest BCUT2D eigenvalue weighted by atomic mass is 19.3. The van der Waals surface area contributed by atoms with Gasteiger partial charge in [-0.05, 0) is 25.0 Å². The number of H-pyrrole nitrogens is 1. The van der Waals surface area contributed by atoms with Crippen molar-refractivity contribution in [2.45, 2.75) is 25.3 Å². The van der Waals surface area contributed by atoms with Crippen LogP contribution < -0.4 is 5.32 Å². The summed E-state index contributed by atoms with van der Waals surface area (Å²) in [6.07, 6.45) is 1.97. The Bertz CT molecular complexity index is 627. The fourth-order valence-corrected chi connectivity index (χ4v) is 2.12. The number of aliphatic hydroxyl groups excluding tert-OH is 1. The molecule has 0 amide bonds. The maximum absolute atomic E-state index is 13.3. The number of fused-ring (bicyclic) bond motifs is 1. The molecule has 0 aliphatic heterocycles. The molecule has 0 radical (unpaired) electrons. The molecule has 0 aliphatic carbocycles. The molecule has 0 saturated carbocycles. The summed E-state index contributed by atoms with van der Waals surface area (Å²) in [5.74, 6) is -5.07. The summed E-state index contributed by atoms with van der Waals surface area (Å²) in [6, 6.07) is 1.84. The summed E-state index contributed by atoms with van der Waals surface area (Å²) in [5.41, 5.74) is 1.16. The van der Waals surface area contributed by atoms with Crippen LogP contribution in [0.15, 0.2) is 18.3 Å². The topological polar surface area (TPSA) is 48.0 Å². The van der Waals surface area contributed by atoms with E-state index in [1.807, 2.05) is 0 Å². The average molecular weight is 304 g/mol. The van der Waals surface area contributed by atoms with Crippen molar-refractivity contribution in [3.05, 3.63) is 35.5 Å². The molecule has 21 heavy (non-hydrogen) atoms. The first-order valence-corrected chi connectivity index (χ1v) is 6.49. The van der Waals surface area contributed by atoms with Crippen molar-refractivity contribution in [1.82, 2.24) is 10.3 Å². The van der Waals surface area contributed by atoms with Gasteiger partial charge in [-0.3, -0.25) is 0 Å². The fraction of sp³-hybridized carbons (Fsp3) is 0.429. The number of aromatic nitrogens is 1. The van der Waals surface area contributed by atoms with Gasteiger partial charge in [0.05, 0.1) is 6.54 Å². The molecule has 3 N–H and O–H groups in total. The minimum absolute atomic E-state index is 0.311. The number of aliphatic hydroxyl groups is 1. The Kier molecular flexibility index (Phi) is 4.53. The summed E-state index contributed by atoms with van der Waals surface area (Å²) in [4.78, 5) is 2.82. The lowest BCUT2D eigenvalue weighted by Crippen LogP contribution is -2.40. The summed E-state index contributed by atoms with van der Waals surface area (Å²) >= 11 is 0. The number of aromatic amines is 1. The van der Waals surface area contributed by atoms with Gasteiger partial charge in [0.15, 0.2) is 11.6 Å². The zero-order valence-corrected chi connectivity index (χ0v) is 11.4. The Morgan fingerprint density at radius 3 is 2.62 bits per heavy atom. The highest BCUT2D eigenvalue weighted by Crippen LogP contribution is 2.22. The summed E-state index contributed by atoms with van der Waals surface area (Å²) in [5, 5.41) is 11.6. The maximum atomic E-state index is 13.3. The van der Waals surface area contributed by atoms with Crippen LogP contribution in [0.4, 0.5) is 17.6 Å². The van der Waals surface area contributed by atoms with Crippen LogP contribution in [0.5, 0.6) is 0 Å². The molecule has 0 unspecified atom stereocenters. The first kappa shape index (κ1) is 15.8. The van der Waals surface area contributed by atoms with Crippen molar-refractivity contribution >= 4 is 10.9 Å². The quantitative estimate of drug-likeness (QED) is 0.719. The predicted octanol–water partition coefficient (Wildman–Crippen LogP) is 2.59. The number of hydrogen-bond donors (Lipinski definition) is 3. The number of nitrogens with one attached hydrogen (secondary N) is 2. The molecule has 7 heteroatoms. The molecule has 0 bridgehead atoms. The van der Waals surface area contributed by atoms with Gasteiger partial charge in [-0.1, -0.05) is 0 Å². The highest BCUT2D eigenvalue weighted by molar-refractivity contribution is 5.83. The molecule has 3 nitrogen and oxygen atoms in total. The van der Waals surface area contributed by atoms with Crippen LogP contribution in [0.2, 0.25) is 0 Å². The molecule has 1 aromatic carbocycles. The third-order valence-corrected chi connectivity index (χ3v) is 3.27. The second-order valence-electron chi connectivity index (χ2n) is 5.13. The Balaban J connectivity index is 2.08. The van der Waals surface area contributed by atoms with E-state index in [2.05, 4.69) is 10.3 Å². The van der Waals surface area contributed by atoms with Crippen molar-refractivity contribution in [2.24, 2.45) is 0 Å². The Hall–Kier alpha value is -1.60. The number of benzene rings is 1. The normalized spacial score (nSPS) is 13.8. The van der Waals surface area contributed by atoms with E-state index in [0.29, 0.717) is 22.9 Å². The zero-order chi connectivity index (χ0) is 15.6. The monoisotopic (exact) mass is 304 g/mol. The van der Waals surface area contributed by atoms with Gasteiger partial charge in [0.2, 0.25) is 0 Å². The molecule has 1 aromatic heterocycles. The summed E-state index contributed by atoms with van der Waals surface area (Å²) in [7, 11) is 0. The first-order valence-electron chi connectivity index (χ1n) is 6.49. The molecule has 0 saturated heterocycles. The van der Waals surface area contributed by atoms with Crippen molar-refractivity contribution in [2.75, 3.05) is 13.2 Å². The second-order valence-corrected chi connectivity index (χ2v) is 5.13. The summed E-state index contributed by atoms with van der Waals surface area (Å²) in [6.45, 7) is -0.160. The maximum Gasteiger partial charge on any atom is 0.282 e. The van der Waals surface area contributed by atoms with Gasteiger partial charge in [-0.25, -0.2) is 17.6 Å². The Labute approximate surface area is 119 Å². The Morgan fingerprint density at radius 2 is 1.95 bits per heavy atom. The lowest BCUT2D eigenvalue weighted by Gasteiger charge is -2.18. The fourth-order valence-electron chi connectivity index (χ4n) is 2.12. The Morgan fingerprint density at radius 1 is 1.29 bits per heavy atom. The van der Waals surface area contributed by atoms with E-state index in [0.717, 1.165) is 12.1 Å². The number of rotatable bonds is 6. The van der Waals surface area contributed by atoms with Gasteiger partial charge in [0.25, 0.3) is 5.92 Å². The molecule has 2 rings (SSSR count). The van der Waals surface area contributed by atoms with Crippen LogP contribution in [0.25, 0.3) is 10.9 Å². The van der Waals surface area contributed by atoms with Crippen LogP contribution in [0.3, 0.4) is 0 Å². The lowest BCUT2D eigenvalue weighted by molar-refractivity contribution is -0.0490. The largest absolute Gasteiger partial charge is 0.390 e. The van der Waals surface area contributed by atoms with Crippen molar-refractivity contribution in [3.8, 4) is 0 Å². The van der Waals surface area contributed by atoms with E-state index in [-0.39, 0.29) is 6.04 Å². The minimum atomic E-state index is -3.18. The molecule has 1 heterocycles. The van der Waals surface area contributed by atoms with Crippen LogP contribution in [0, 0.1) is 11.6 Å². The second kappa shape index (κ2) is 6.03. The molecule has 0 fully saturated rings. The van der Waals surface area contributed by atoms with Crippen molar-refractivity contribution in [3.63, 3.8) is 0 Å². The third kappa shape index (κ3) is 3.74. The number of halogens is 4. The van der Waals surface area contributed by atoms with Gasteiger partial charge < -0.3 is 15.4 Å². The molecule has 1 atom stereocenters. The first-order chi connectivity index (χ1) is 9.82. The van der Waals surface area contributed by atoms with Crippen LogP contribution in [0.1, 0.15) is 12.5 Å². The number of hydrogen-bond acceptors (Lipinski definition) is 2. The third-order valence-electron chi connectivity index (χ3n) is 3.27. The van der Waals surface area contributed by atoms with Gasteiger partial charge in [0, 0.05) is 29.2 Å². The lowest BCUT2D eigenvalue weighted by atomic mass is 10.1. The van der Waals surface area contributed by atoms with Crippen LogP contribution in [-0.2, 0) is 6.42 Å². The average Bonchev–Trinajstić information content (AvgIpc) is 2.80. The van der Waals surface area contributed by atoms with E-state index in [1.165, 1.54) is 0 Å². The smallest absolute Gasteiger partial charge is 0.282 e. The predicted molar refractivity (Wildman–Crippen MR) is 71.4 cm³/mol. The zero-order valence-electron chi connectivity index (χ0n) is 11.4. The van der Waals surface area contributed by atoms with Crippen molar-refractivity contribution < 1.29 is 22.7 Å². The van der Waals surface area contributed by atoms with E-state index < -0.39 is 30.7 Å².